The molecule has 1 aliphatic heterocycles. The van der Waals surface area contributed by atoms with Gasteiger partial charge in [0.1, 0.15) is 18.1 Å². The van der Waals surface area contributed by atoms with Crippen LogP contribution in [-0.4, -0.2) is 47.7 Å². The predicted octanol–water partition coefficient (Wildman–Crippen LogP) is 3.24. The summed E-state index contributed by atoms with van der Waals surface area (Å²) < 4.78 is 23.4. The van der Waals surface area contributed by atoms with Crippen LogP contribution >= 0.6 is 11.8 Å². The van der Waals surface area contributed by atoms with Gasteiger partial charge in [0.25, 0.3) is 0 Å². The van der Waals surface area contributed by atoms with Crippen molar-refractivity contribution in [2.24, 2.45) is 5.10 Å². The van der Waals surface area contributed by atoms with E-state index in [-0.39, 0.29) is 6.61 Å². The molecule has 0 fully saturated rings. The van der Waals surface area contributed by atoms with Gasteiger partial charge >= 0.3 is 0 Å². The van der Waals surface area contributed by atoms with Crippen molar-refractivity contribution < 1.29 is 18.9 Å². The Hall–Kier alpha value is -3.20. The number of methoxy groups -OCH3 is 3. The van der Waals surface area contributed by atoms with Crippen LogP contribution in [0.3, 0.4) is 0 Å². The summed E-state index contributed by atoms with van der Waals surface area (Å²) in [7, 11) is 4.86. The van der Waals surface area contributed by atoms with Crippen molar-refractivity contribution in [1.29, 1.82) is 0 Å². The number of rotatable bonds is 7. The molecule has 2 heterocycles. The number of ether oxygens (including phenoxy) is 4. The van der Waals surface area contributed by atoms with Crippen molar-refractivity contribution in [1.82, 2.24) is 14.9 Å². The first-order valence-electron chi connectivity index (χ1n) is 8.86. The highest BCUT2D eigenvalue weighted by atomic mass is 32.2. The van der Waals surface area contributed by atoms with E-state index in [2.05, 4.69) is 10.2 Å². The Balaban J connectivity index is 1.55. The van der Waals surface area contributed by atoms with Gasteiger partial charge in [-0.2, -0.15) is 9.78 Å². The average molecular weight is 412 g/mol. The zero-order valence-electron chi connectivity index (χ0n) is 16.3. The summed E-state index contributed by atoms with van der Waals surface area (Å²) in [5, 5.41) is 13.9. The van der Waals surface area contributed by atoms with Gasteiger partial charge in [-0.15, -0.1) is 10.2 Å². The topological polar surface area (TPSA) is 80.0 Å². The second kappa shape index (κ2) is 8.44. The monoisotopic (exact) mass is 412 g/mol. The Morgan fingerprint density at radius 1 is 0.897 bits per heavy atom. The minimum Gasteiger partial charge on any atom is -0.497 e. The van der Waals surface area contributed by atoms with Crippen LogP contribution in [0.5, 0.6) is 23.0 Å². The average Bonchev–Trinajstić information content (AvgIpc) is 3.19. The maximum atomic E-state index is 5.83. The molecule has 0 saturated heterocycles. The van der Waals surface area contributed by atoms with E-state index in [0.717, 1.165) is 27.9 Å². The largest absolute Gasteiger partial charge is 0.497 e. The molecule has 0 unspecified atom stereocenters. The molecule has 1 aromatic heterocycles. The molecule has 0 amide bonds. The van der Waals surface area contributed by atoms with Gasteiger partial charge in [0.2, 0.25) is 5.16 Å². The van der Waals surface area contributed by atoms with E-state index in [1.54, 1.807) is 37.8 Å². The lowest BCUT2D eigenvalue weighted by Gasteiger charge is -2.15. The molecule has 0 saturated carbocycles. The molecule has 2 aromatic carbocycles. The molecule has 0 bridgehead atoms. The first kappa shape index (κ1) is 19.1. The van der Waals surface area contributed by atoms with E-state index in [9.17, 15) is 0 Å². The Morgan fingerprint density at radius 2 is 1.66 bits per heavy atom. The third-order valence-electron chi connectivity index (χ3n) is 4.38. The number of nitrogens with zero attached hydrogens (tertiary/aromatic N) is 4. The van der Waals surface area contributed by atoms with Crippen LogP contribution < -0.4 is 18.9 Å². The van der Waals surface area contributed by atoms with Gasteiger partial charge < -0.3 is 18.9 Å². The summed E-state index contributed by atoms with van der Waals surface area (Å²) in [5.41, 5.74) is 1.85. The van der Waals surface area contributed by atoms with Crippen molar-refractivity contribution in [2.75, 3.05) is 27.1 Å². The van der Waals surface area contributed by atoms with Gasteiger partial charge in [-0.3, -0.25) is 0 Å². The lowest BCUT2D eigenvalue weighted by Crippen LogP contribution is -2.15. The second-order valence-corrected chi connectivity index (χ2v) is 7.02. The molecule has 0 radical (unpaired) electrons. The molecule has 150 valence electrons. The summed E-state index contributed by atoms with van der Waals surface area (Å²) >= 11 is 1.58. The van der Waals surface area contributed by atoms with Crippen molar-refractivity contribution in [2.45, 2.75) is 11.8 Å². The van der Waals surface area contributed by atoms with Crippen LogP contribution in [-0.2, 0) is 6.61 Å². The van der Waals surface area contributed by atoms with Crippen molar-refractivity contribution in [3.8, 4) is 23.0 Å². The van der Waals surface area contributed by atoms with Gasteiger partial charge in [-0.25, -0.2) is 0 Å². The molecule has 4 rings (SSSR count). The second-order valence-electron chi connectivity index (χ2n) is 6.08. The predicted molar refractivity (Wildman–Crippen MR) is 110 cm³/mol. The van der Waals surface area contributed by atoms with Crippen molar-refractivity contribution >= 4 is 17.5 Å². The molecule has 9 heteroatoms. The number of thioether (sulfide) groups is 1. The third-order valence-corrected chi connectivity index (χ3v) is 5.31. The summed E-state index contributed by atoms with van der Waals surface area (Å²) in [6, 6.07) is 13.1. The standard InChI is InChI=1S/C20H20N4O4S/c1-25-14-5-7-15(8-6-14)28-11-19-21-22-20-24(19)23-16(12-29-20)13-4-9-17(26-2)18(10-13)27-3/h4-10H,11-12H2,1-3H3. The molecular formula is C20H20N4O4S. The van der Waals surface area contributed by atoms with Crippen molar-refractivity contribution in [3.05, 3.63) is 53.9 Å². The zero-order chi connectivity index (χ0) is 20.2. The van der Waals surface area contributed by atoms with Gasteiger partial charge in [0.05, 0.1) is 27.0 Å². The zero-order valence-corrected chi connectivity index (χ0v) is 17.1. The highest BCUT2D eigenvalue weighted by molar-refractivity contribution is 7.99. The van der Waals surface area contributed by atoms with Gasteiger partial charge in [0.15, 0.2) is 17.3 Å². The number of aromatic nitrogens is 3. The first-order valence-corrected chi connectivity index (χ1v) is 9.84. The number of benzene rings is 2. The molecule has 0 atom stereocenters. The smallest absolute Gasteiger partial charge is 0.212 e. The summed E-state index contributed by atoms with van der Waals surface area (Å²) in [6.45, 7) is 0.253. The first-order chi connectivity index (χ1) is 14.2. The maximum Gasteiger partial charge on any atom is 0.212 e. The summed E-state index contributed by atoms with van der Waals surface area (Å²) in [4.78, 5) is 0. The highest BCUT2D eigenvalue weighted by Gasteiger charge is 2.21. The molecule has 1 aliphatic rings. The summed E-state index contributed by atoms with van der Waals surface area (Å²) in [5.74, 6) is 4.15. The fourth-order valence-electron chi connectivity index (χ4n) is 2.84. The highest BCUT2D eigenvalue weighted by Crippen LogP contribution is 2.30. The van der Waals surface area contributed by atoms with Crippen LogP contribution in [0.2, 0.25) is 0 Å². The van der Waals surface area contributed by atoms with E-state index in [4.69, 9.17) is 24.0 Å². The van der Waals surface area contributed by atoms with Crippen LogP contribution in [0.4, 0.5) is 0 Å². The molecule has 29 heavy (non-hydrogen) atoms. The number of fused-ring (bicyclic) bond motifs is 1. The van der Waals surface area contributed by atoms with Gasteiger partial charge in [-0.1, -0.05) is 11.8 Å². The van der Waals surface area contributed by atoms with E-state index in [1.165, 1.54) is 0 Å². The van der Waals surface area contributed by atoms with Crippen LogP contribution in [0.15, 0.2) is 52.7 Å². The Kier molecular flexibility index (Phi) is 5.57. The third kappa shape index (κ3) is 4.00. The van der Waals surface area contributed by atoms with Gasteiger partial charge in [-0.05, 0) is 42.5 Å². The van der Waals surface area contributed by atoms with Crippen LogP contribution in [0, 0.1) is 0 Å². The minimum absolute atomic E-state index is 0.253. The Morgan fingerprint density at radius 3 is 2.38 bits per heavy atom. The SMILES string of the molecule is COc1ccc(OCc2nnc3n2N=C(c2ccc(OC)c(OC)c2)CS3)cc1. The Bertz CT molecular complexity index is 1030. The number of hydrogen-bond donors (Lipinski definition) is 0. The lowest BCUT2D eigenvalue weighted by molar-refractivity contribution is 0.289. The minimum atomic E-state index is 0.253. The quantitative estimate of drug-likeness (QED) is 0.589. The lowest BCUT2D eigenvalue weighted by atomic mass is 10.1. The van der Waals surface area contributed by atoms with E-state index >= 15 is 0 Å². The van der Waals surface area contributed by atoms with Gasteiger partial charge in [0, 0.05) is 11.3 Å². The molecule has 3 aromatic rings. The fourth-order valence-corrected chi connectivity index (χ4v) is 3.69. The molecule has 0 spiro atoms. The molecular weight excluding hydrogens is 392 g/mol. The normalized spacial score (nSPS) is 12.7. The van der Waals surface area contributed by atoms with Crippen LogP contribution in [0.1, 0.15) is 11.4 Å². The van der Waals surface area contributed by atoms with E-state index in [0.29, 0.717) is 23.1 Å². The maximum absolute atomic E-state index is 5.83. The number of hydrogen-bond acceptors (Lipinski definition) is 8. The Labute approximate surface area is 172 Å². The van der Waals surface area contributed by atoms with E-state index in [1.807, 2.05) is 42.5 Å². The fraction of sp³-hybridized carbons (Fsp3) is 0.250. The summed E-state index contributed by atoms with van der Waals surface area (Å²) in [6.07, 6.45) is 0. The molecule has 0 aliphatic carbocycles. The van der Waals surface area contributed by atoms with Crippen molar-refractivity contribution in [3.63, 3.8) is 0 Å². The van der Waals surface area contributed by atoms with E-state index < -0.39 is 0 Å². The molecule has 8 nitrogen and oxygen atoms in total. The van der Waals surface area contributed by atoms with Crippen LogP contribution in [0.25, 0.3) is 0 Å². The molecule has 0 N–H and O–H groups in total.